The first-order valence-electron chi connectivity index (χ1n) is 5.12. The van der Waals surface area contributed by atoms with Gasteiger partial charge >= 0.3 is 5.97 Å². The van der Waals surface area contributed by atoms with Crippen molar-refractivity contribution in [3.63, 3.8) is 0 Å². The van der Waals surface area contributed by atoms with Gasteiger partial charge in [0.05, 0.1) is 11.1 Å². The molecule has 1 aliphatic heterocycles. The monoisotopic (exact) mass is 231 g/mol. The molecule has 3 rings (SSSR count). The van der Waals surface area contributed by atoms with Gasteiger partial charge in [0, 0.05) is 0 Å². The largest absolute Gasteiger partial charge is 0.488 e. The normalized spacial score (nSPS) is 12.5. The number of aromatic carboxylic acids is 1. The molecular weight excluding hydrogens is 222 g/mol. The molecular formula is C12H9NO4. The number of hydrogen-bond acceptors (Lipinski definition) is 4. The highest BCUT2D eigenvalue weighted by Gasteiger charge is 2.28. The van der Waals surface area contributed by atoms with Gasteiger partial charge in [0.15, 0.2) is 11.5 Å². The van der Waals surface area contributed by atoms with Crippen LogP contribution in [0.3, 0.4) is 0 Å². The lowest BCUT2D eigenvalue weighted by atomic mass is 10.0. The van der Waals surface area contributed by atoms with Crippen molar-refractivity contribution >= 4 is 5.97 Å². The molecule has 1 aromatic carbocycles. The lowest BCUT2D eigenvalue weighted by molar-refractivity contribution is 0.0683. The number of hydrogen-bond donors (Lipinski definition) is 1. The van der Waals surface area contributed by atoms with Gasteiger partial charge < -0.3 is 14.4 Å². The summed E-state index contributed by atoms with van der Waals surface area (Å²) in [5, 5.41) is 12.5. The summed E-state index contributed by atoms with van der Waals surface area (Å²) in [4.78, 5) is 10.9. The van der Waals surface area contributed by atoms with Crippen LogP contribution in [0.15, 0.2) is 22.7 Å². The summed E-state index contributed by atoms with van der Waals surface area (Å²) in [7, 11) is 0. The molecule has 0 spiro atoms. The van der Waals surface area contributed by atoms with E-state index in [-0.39, 0.29) is 12.3 Å². The quantitative estimate of drug-likeness (QED) is 0.814. The van der Waals surface area contributed by atoms with E-state index in [1.807, 2.05) is 25.1 Å². The van der Waals surface area contributed by atoms with Gasteiger partial charge in [-0.3, -0.25) is 0 Å². The van der Waals surface area contributed by atoms with Crippen LogP contribution < -0.4 is 4.74 Å². The second-order valence-electron chi connectivity index (χ2n) is 3.93. The van der Waals surface area contributed by atoms with Gasteiger partial charge in [-0.25, -0.2) is 4.79 Å². The lowest BCUT2D eigenvalue weighted by Crippen LogP contribution is -2.08. The smallest absolute Gasteiger partial charge is 0.358 e. The molecule has 5 nitrogen and oxygen atoms in total. The summed E-state index contributed by atoms with van der Waals surface area (Å²) in [6, 6.07) is 5.67. The summed E-state index contributed by atoms with van der Waals surface area (Å²) in [5.41, 5.74) is 2.22. The molecule has 1 aromatic heterocycles. The fourth-order valence-electron chi connectivity index (χ4n) is 1.92. The van der Waals surface area contributed by atoms with Crippen LogP contribution in [0, 0.1) is 6.92 Å². The Bertz CT molecular complexity index is 615. The number of aromatic nitrogens is 1. The van der Waals surface area contributed by atoms with Crippen LogP contribution in [0.2, 0.25) is 0 Å². The zero-order chi connectivity index (χ0) is 12.0. The van der Waals surface area contributed by atoms with E-state index in [1.54, 1.807) is 0 Å². The third-order valence-electron chi connectivity index (χ3n) is 2.74. The predicted molar refractivity (Wildman–Crippen MR) is 58.0 cm³/mol. The van der Waals surface area contributed by atoms with Crippen molar-refractivity contribution < 1.29 is 19.2 Å². The Kier molecular flexibility index (Phi) is 1.95. The standard InChI is InChI=1S/C12H9NO4/c1-6-2-3-9-7(4-6)11-8(5-16-9)10(12(14)15)13-17-11/h2-4H,5H2,1H3,(H,14,15). The van der Waals surface area contributed by atoms with Crippen molar-refractivity contribution in [3.8, 4) is 17.1 Å². The fourth-order valence-corrected chi connectivity index (χ4v) is 1.92. The maximum Gasteiger partial charge on any atom is 0.358 e. The maximum atomic E-state index is 10.9. The first-order chi connectivity index (χ1) is 8.16. The summed E-state index contributed by atoms with van der Waals surface area (Å²) >= 11 is 0. The summed E-state index contributed by atoms with van der Waals surface area (Å²) in [6.45, 7) is 2.12. The molecule has 5 heteroatoms. The van der Waals surface area contributed by atoms with Crippen LogP contribution in [0.5, 0.6) is 5.75 Å². The minimum Gasteiger partial charge on any atom is -0.488 e. The van der Waals surface area contributed by atoms with Crippen LogP contribution in [-0.4, -0.2) is 16.2 Å². The molecule has 86 valence electrons. The first-order valence-corrected chi connectivity index (χ1v) is 5.12. The molecule has 0 atom stereocenters. The number of carboxylic acid groups (broad SMARTS) is 1. The molecule has 0 radical (unpaired) electrons. The zero-order valence-electron chi connectivity index (χ0n) is 9.06. The summed E-state index contributed by atoms with van der Waals surface area (Å²) in [5.74, 6) is 0.0817. The third kappa shape index (κ3) is 1.39. The van der Waals surface area contributed by atoms with Crippen molar-refractivity contribution in [1.29, 1.82) is 0 Å². The van der Waals surface area contributed by atoms with Crippen LogP contribution in [0.1, 0.15) is 21.6 Å². The van der Waals surface area contributed by atoms with Crippen molar-refractivity contribution in [3.05, 3.63) is 35.0 Å². The Morgan fingerprint density at radius 2 is 2.29 bits per heavy atom. The van der Waals surface area contributed by atoms with Crippen molar-refractivity contribution in [2.45, 2.75) is 13.5 Å². The van der Waals surface area contributed by atoms with Gasteiger partial charge in [-0.1, -0.05) is 16.8 Å². The van der Waals surface area contributed by atoms with Gasteiger partial charge in [0.2, 0.25) is 0 Å². The SMILES string of the molecule is Cc1ccc2c(c1)-c1onc(C(=O)O)c1CO2. The molecule has 2 aromatic rings. The van der Waals surface area contributed by atoms with Crippen LogP contribution in [-0.2, 0) is 6.61 Å². The molecule has 17 heavy (non-hydrogen) atoms. The zero-order valence-corrected chi connectivity index (χ0v) is 9.06. The highest BCUT2D eigenvalue weighted by Crippen LogP contribution is 2.39. The Labute approximate surface area is 96.6 Å². The molecule has 1 N–H and O–H groups in total. The van der Waals surface area contributed by atoms with Crippen molar-refractivity contribution in [1.82, 2.24) is 5.16 Å². The third-order valence-corrected chi connectivity index (χ3v) is 2.74. The number of rotatable bonds is 1. The molecule has 2 heterocycles. The average Bonchev–Trinajstić information content (AvgIpc) is 2.72. The van der Waals surface area contributed by atoms with E-state index in [0.717, 1.165) is 11.1 Å². The Hall–Kier alpha value is -2.30. The van der Waals surface area contributed by atoms with E-state index in [9.17, 15) is 4.79 Å². The maximum absolute atomic E-state index is 10.9. The van der Waals surface area contributed by atoms with Gasteiger partial charge in [0.25, 0.3) is 0 Å². The van der Waals surface area contributed by atoms with Crippen molar-refractivity contribution in [2.24, 2.45) is 0 Å². The number of nitrogens with zero attached hydrogens (tertiary/aromatic N) is 1. The first kappa shape index (κ1) is 9.89. The molecule has 0 fully saturated rings. The lowest BCUT2D eigenvalue weighted by Gasteiger charge is -2.16. The molecule has 0 aliphatic carbocycles. The summed E-state index contributed by atoms with van der Waals surface area (Å²) < 4.78 is 10.6. The number of benzene rings is 1. The topological polar surface area (TPSA) is 72.6 Å². The molecule has 0 saturated heterocycles. The highest BCUT2D eigenvalue weighted by atomic mass is 16.5. The summed E-state index contributed by atoms with van der Waals surface area (Å²) in [6.07, 6.45) is 0. The molecule has 0 bridgehead atoms. The van der Waals surface area contributed by atoms with Gasteiger partial charge in [-0.05, 0) is 19.1 Å². The highest BCUT2D eigenvalue weighted by molar-refractivity contribution is 5.90. The fraction of sp³-hybridized carbons (Fsp3) is 0.167. The van der Waals surface area contributed by atoms with Gasteiger partial charge in [-0.2, -0.15) is 0 Å². The van der Waals surface area contributed by atoms with Crippen LogP contribution >= 0.6 is 0 Å². The number of aryl methyl sites for hydroxylation is 1. The average molecular weight is 231 g/mol. The number of carboxylic acids is 1. The molecule has 1 aliphatic rings. The van der Waals surface area contributed by atoms with E-state index < -0.39 is 5.97 Å². The van der Waals surface area contributed by atoms with E-state index in [4.69, 9.17) is 14.4 Å². The number of ether oxygens (including phenoxy) is 1. The van der Waals surface area contributed by atoms with E-state index in [1.165, 1.54) is 0 Å². The van der Waals surface area contributed by atoms with E-state index in [2.05, 4.69) is 5.16 Å². The Morgan fingerprint density at radius 1 is 1.47 bits per heavy atom. The minimum absolute atomic E-state index is 0.0767. The van der Waals surface area contributed by atoms with Crippen LogP contribution in [0.25, 0.3) is 11.3 Å². The minimum atomic E-state index is -1.10. The number of carbonyl (C=O) groups is 1. The second-order valence-corrected chi connectivity index (χ2v) is 3.93. The Balaban J connectivity index is 2.23. The van der Waals surface area contributed by atoms with E-state index >= 15 is 0 Å². The number of fused-ring (bicyclic) bond motifs is 3. The molecule has 0 unspecified atom stereocenters. The van der Waals surface area contributed by atoms with E-state index in [0.29, 0.717) is 17.1 Å². The van der Waals surface area contributed by atoms with Gasteiger partial charge in [-0.15, -0.1) is 0 Å². The van der Waals surface area contributed by atoms with Crippen molar-refractivity contribution in [2.75, 3.05) is 0 Å². The molecule has 0 amide bonds. The Morgan fingerprint density at radius 3 is 3.06 bits per heavy atom. The van der Waals surface area contributed by atoms with Crippen LogP contribution in [0.4, 0.5) is 0 Å². The second kappa shape index (κ2) is 3.35. The molecule has 0 saturated carbocycles. The predicted octanol–water partition coefficient (Wildman–Crippen LogP) is 2.24. The van der Waals surface area contributed by atoms with Gasteiger partial charge in [0.1, 0.15) is 12.4 Å².